The smallest absolute Gasteiger partial charge is 0.0825 e. The maximum Gasteiger partial charge on any atom is 0.0825 e. The number of halogens is 2. The zero-order valence-electron chi connectivity index (χ0n) is 10.6. The van der Waals surface area contributed by atoms with Crippen molar-refractivity contribution in [2.75, 3.05) is 24.5 Å². The lowest BCUT2D eigenvalue weighted by molar-refractivity contribution is 0.203. The van der Waals surface area contributed by atoms with E-state index in [1.54, 1.807) is 0 Å². The summed E-state index contributed by atoms with van der Waals surface area (Å²) in [6.07, 6.45) is 2.63. The zero-order chi connectivity index (χ0) is 12.7. The van der Waals surface area contributed by atoms with E-state index < -0.39 is 0 Å². The number of benzene rings is 1. The van der Waals surface area contributed by atoms with Gasteiger partial charge in [-0.15, -0.1) is 0 Å². The Morgan fingerprint density at radius 3 is 2.89 bits per heavy atom. The summed E-state index contributed by atoms with van der Waals surface area (Å²) in [5.74, 6) is 0. The van der Waals surface area contributed by atoms with E-state index in [0.717, 1.165) is 18.8 Å². The van der Waals surface area contributed by atoms with E-state index in [4.69, 9.17) is 23.2 Å². The van der Waals surface area contributed by atoms with Gasteiger partial charge in [-0.3, -0.25) is 4.90 Å². The molecule has 0 saturated carbocycles. The van der Waals surface area contributed by atoms with E-state index in [9.17, 15) is 0 Å². The number of fused-ring (bicyclic) bond motifs is 1. The third-order valence-corrected chi connectivity index (χ3v) is 4.99. The summed E-state index contributed by atoms with van der Waals surface area (Å²) in [5, 5.41) is 1.34. The molecule has 0 spiro atoms. The van der Waals surface area contributed by atoms with Crippen LogP contribution in [0.5, 0.6) is 0 Å². The van der Waals surface area contributed by atoms with Crippen molar-refractivity contribution in [1.29, 1.82) is 0 Å². The molecule has 0 amide bonds. The molecule has 2 saturated heterocycles. The Kier molecular flexibility index (Phi) is 3.44. The first-order valence-corrected chi connectivity index (χ1v) is 7.37. The van der Waals surface area contributed by atoms with Crippen LogP contribution in [0.15, 0.2) is 18.2 Å². The Bertz CT molecular complexity index is 449. The fourth-order valence-corrected chi connectivity index (χ4v) is 3.64. The third-order valence-electron chi connectivity index (χ3n) is 4.18. The maximum atomic E-state index is 6.35. The molecule has 0 bridgehead atoms. The molecule has 2 atom stereocenters. The van der Waals surface area contributed by atoms with Crippen LogP contribution in [-0.4, -0.2) is 36.6 Å². The van der Waals surface area contributed by atoms with Crippen LogP contribution >= 0.6 is 23.2 Å². The fourth-order valence-electron chi connectivity index (χ4n) is 3.24. The lowest BCUT2D eigenvalue weighted by Gasteiger charge is -2.44. The van der Waals surface area contributed by atoms with E-state index in [1.807, 2.05) is 12.1 Å². The zero-order valence-corrected chi connectivity index (χ0v) is 12.1. The molecule has 1 aromatic carbocycles. The second-order valence-electron chi connectivity index (χ2n) is 5.37. The van der Waals surface area contributed by atoms with Crippen LogP contribution in [0.25, 0.3) is 0 Å². The highest BCUT2D eigenvalue weighted by molar-refractivity contribution is 6.43. The van der Waals surface area contributed by atoms with Crippen molar-refractivity contribution in [2.45, 2.75) is 31.8 Å². The summed E-state index contributed by atoms with van der Waals surface area (Å²) in [6.45, 7) is 5.73. The van der Waals surface area contributed by atoms with E-state index in [1.165, 1.54) is 19.4 Å². The Morgan fingerprint density at radius 1 is 1.22 bits per heavy atom. The van der Waals surface area contributed by atoms with Crippen LogP contribution in [0.2, 0.25) is 10.0 Å². The summed E-state index contributed by atoms with van der Waals surface area (Å²) in [4.78, 5) is 5.03. The van der Waals surface area contributed by atoms with E-state index >= 15 is 0 Å². The minimum Gasteiger partial charge on any atom is -0.365 e. The molecule has 0 aliphatic carbocycles. The maximum absolute atomic E-state index is 6.35. The molecule has 2 nitrogen and oxygen atoms in total. The van der Waals surface area contributed by atoms with Gasteiger partial charge in [0.1, 0.15) is 0 Å². The van der Waals surface area contributed by atoms with Gasteiger partial charge in [0.25, 0.3) is 0 Å². The topological polar surface area (TPSA) is 6.48 Å². The molecular formula is C14H18Cl2N2. The van der Waals surface area contributed by atoms with Gasteiger partial charge in [0.2, 0.25) is 0 Å². The number of anilines is 1. The predicted molar refractivity (Wildman–Crippen MR) is 77.9 cm³/mol. The molecule has 2 unspecified atom stereocenters. The lowest BCUT2D eigenvalue weighted by atomic mass is 10.1. The fraction of sp³-hybridized carbons (Fsp3) is 0.571. The van der Waals surface area contributed by atoms with Crippen LogP contribution in [0, 0.1) is 0 Å². The van der Waals surface area contributed by atoms with Gasteiger partial charge >= 0.3 is 0 Å². The van der Waals surface area contributed by atoms with Gasteiger partial charge in [0, 0.05) is 25.2 Å². The molecule has 2 aliphatic rings. The standard InChI is InChI=1S/C14H18Cl2N2/c1-10-8-17-7-3-4-11(17)9-18(10)13-6-2-5-12(15)14(13)16/h2,5-6,10-11H,3-4,7-9H2,1H3. The van der Waals surface area contributed by atoms with Crippen LogP contribution in [0.3, 0.4) is 0 Å². The van der Waals surface area contributed by atoms with E-state index in [0.29, 0.717) is 22.1 Å². The van der Waals surface area contributed by atoms with Crippen LogP contribution < -0.4 is 4.90 Å². The summed E-state index contributed by atoms with van der Waals surface area (Å²) in [6, 6.07) is 7.10. The molecule has 18 heavy (non-hydrogen) atoms. The van der Waals surface area contributed by atoms with Gasteiger partial charge < -0.3 is 4.90 Å². The molecule has 98 valence electrons. The van der Waals surface area contributed by atoms with Gasteiger partial charge in [0.15, 0.2) is 0 Å². The Morgan fingerprint density at radius 2 is 2.06 bits per heavy atom. The van der Waals surface area contributed by atoms with Crippen molar-refractivity contribution < 1.29 is 0 Å². The number of hydrogen-bond acceptors (Lipinski definition) is 2. The van der Waals surface area contributed by atoms with Crippen LogP contribution in [-0.2, 0) is 0 Å². The number of piperazine rings is 1. The first-order valence-electron chi connectivity index (χ1n) is 6.61. The van der Waals surface area contributed by atoms with Crippen LogP contribution in [0.1, 0.15) is 19.8 Å². The minimum atomic E-state index is 0.496. The van der Waals surface area contributed by atoms with E-state index in [2.05, 4.69) is 22.8 Å². The highest BCUT2D eigenvalue weighted by Gasteiger charge is 2.35. The highest BCUT2D eigenvalue weighted by Crippen LogP contribution is 2.36. The number of nitrogens with zero attached hydrogens (tertiary/aromatic N) is 2. The second-order valence-corrected chi connectivity index (χ2v) is 6.15. The average molecular weight is 285 g/mol. The average Bonchev–Trinajstić information content (AvgIpc) is 2.79. The van der Waals surface area contributed by atoms with Crippen LogP contribution in [0.4, 0.5) is 5.69 Å². The summed E-state index contributed by atoms with van der Waals surface area (Å²) < 4.78 is 0. The van der Waals surface area contributed by atoms with Crippen molar-refractivity contribution in [3.8, 4) is 0 Å². The predicted octanol–water partition coefficient (Wildman–Crippen LogP) is 3.67. The van der Waals surface area contributed by atoms with E-state index in [-0.39, 0.29) is 0 Å². The minimum absolute atomic E-state index is 0.496. The lowest BCUT2D eigenvalue weighted by Crippen LogP contribution is -2.55. The Balaban J connectivity index is 1.89. The van der Waals surface area contributed by atoms with Crippen molar-refractivity contribution in [3.63, 3.8) is 0 Å². The molecule has 2 heterocycles. The highest BCUT2D eigenvalue weighted by atomic mass is 35.5. The first-order chi connectivity index (χ1) is 8.66. The molecule has 0 aromatic heterocycles. The van der Waals surface area contributed by atoms with Crippen molar-refractivity contribution in [1.82, 2.24) is 4.90 Å². The third kappa shape index (κ3) is 2.11. The summed E-state index contributed by atoms with van der Waals surface area (Å²) in [7, 11) is 0. The quantitative estimate of drug-likeness (QED) is 0.777. The Labute approximate surface area is 118 Å². The molecule has 3 rings (SSSR count). The van der Waals surface area contributed by atoms with Gasteiger partial charge in [-0.25, -0.2) is 0 Å². The van der Waals surface area contributed by atoms with Crippen molar-refractivity contribution >= 4 is 28.9 Å². The molecule has 2 aliphatic heterocycles. The van der Waals surface area contributed by atoms with Gasteiger partial charge in [-0.1, -0.05) is 29.3 Å². The first kappa shape index (κ1) is 12.6. The second kappa shape index (κ2) is 4.92. The molecule has 2 fully saturated rings. The molecular weight excluding hydrogens is 267 g/mol. The normalized spacial score (nSPS) is 28.5. The van der Waals surface area contributed by atoms with Gasteiger partial charge in [0.05, 0.1) is 15.7 Å². The molecule has 1 aromatic rings. The number of rotatable bonds is 1. The van der Waals surface area contributed by atoms with Gasteiger partial charge in [-0.05, 0) is 38.4 Å². The summed E-state index contributed by atoms with van der Waals surface area (Å²) in [5.41, 5.74) is 1.09. The van der Waals surface area contributed by atoms with Crippen molar-refractivity contribution in [3.05, 3.63) is 28.2 Å². The summed E-state index contributed by atoms with van der Waals surface area (Å²) >= 11 is 12.5. The molecule has 4 heteroatoms. The van der Waals surface area contributed by atoms with Gasteiger partial charge in [-0.2, -0.15) is 0 Å². The monoisotopic (exact) mass is 284 g/mol. The molecule has 0 N–H and O–H groups in total. The molecule has 0 radical (unpaired) electrons. The number of hydrogen-bond donors (Lipinski definition) is 0. The Hall–Kier alpha value is -0.440. The largest absolute Gasteiger partial charge is 0.365 e. The SMILES string of the molecule is CC1CN2CCCC2CN1c1cccc(Cl)c1Cl. The van der Waals surface area contributed by atoms with Crippen molar-refractivity contribution in [2.24, 2.45) is 0 Å².